The van der Waals surface area contributed by atoms with Crippen LogP contribution in [-0.2, 0) is 11.2 Å². The molecule has 138 valence electrons. The first kappa shape index (κ1) is 17.6. The first-order valence-electron chi connectivity index (χ1n) is 8.84. The molecule has 3 atom stereocenters. The average Bonchev–Trinajstić information content (AvgIpc) is 3.21. The van der Waals surface area contributed by atoms with Gasteiger partial charge in [-0.2, -0.15) is 0 Å². The van der Waals surface area contributed by atoms with Crippen LogP contribution in [0, 0.1) is 5.92 Å². The molecular formula is C21H19ClN2O3. The standard InChI is InChI=1S/C21H19ClN2O3/c1-11(21(26)27)19-15-5-3-2-4-12(15)9-17(19)24-20(25)18-10-13-8-14(22)6-7-16(13)23-18/h2-8,10-11,17,19,23H,9H2,1H3,(H,24,25)(H,26,27)/t11-,17+,19+/m0/s1. The van der Waals surface area contributed by atoms with E-state index in [4.69, 9.17) is 11.6 Å². The number of halogens is 1. The summed E-state index contributed by atoms with van der Waals surface area (Å²) >= 11 is 6.01. The van der Waals surface area contributed by atoms with Crippen LogP contribution in [0.4, 0.5) is 0 Å². The van der Waals surface area contributed by atoms with Crippen molar-refractivity contribution in [2.45, 2.75) is 25.3 Å². The van der Waals surface area contributed by atoms with Gasteiger partial charge in [-0.25, -0.2) is 0 Å². The molecule has 1 amide bonds. The maximum absolute atomic E-state index is 12.8. The zero-order valence-electron chi connectivity index (χ0n) is 14.7. The molecule has 1 aromatic heterocycles. The zero-order valence-corrected chi connectivity index (χ0v) is 15.5. The molecule has 0 unspecified atom stereocenters. The van der Waals surface area contributed by atoms with E-state index < -0.39 is 11.9 Å². The molecule has 1 heterocycles. The number of carbonyl (C=O) groups is 2. The van der Waals surface area contributed by atoms with Crippen molar-refractivity contribution >= 4 is 34.4 Å². The molecule has 1 aliphatic carbocycles. The lowest BCUT2D eigenvalue weighted by atomic mass is 9.86. The number of hydrogen-bond acceptors (Lipinski definition) is 2. The molecule has 0 saturated heterocycles. The fraction of sp³-hybridized carbons (Fsp3) is 0.238. The van der Waals surface area contributed by atoms with Crippen molar-refractivity contribution in [2.75, 3.05) is 0 Å². The first-order valence-corrected chi connectivity index (χ1v) is 9.21. The third kappa shape index (κ3) is 3.19. The van der Waals surface area contributed by atoms with Crippen LogP contribution in [0.5, 0.6) is 0 Å². The number of carboxylic acid groups (broad SMARTS) is 1. The lowest BCUT2D eigenvalue weighted by Crippen LogP contribution is -2.41. The van der Waals surface area contributed by atoms with Crippen molar-refractivity contribution in [3.05, 3.63) is 70.4 Å². The Labute approximate surface area is 161 Å². The number of fused-ring (bicyclic) bond motifs is 2. The lowest BCUT2D eigenvalue weighted by Gasteiger charge is -2.25. The number of carboxylic acids is 1. The normalized spacial score (nSPS) is 19.6. The minimum Gasteiger partial charge on any atom is -0.481 e. The van der Waals surface area contributed by atoms with Crippen LogP contribution in [0.15, 0.2) is 48.5 Å². The Morgan fingerprint density at radius 2 is 2.00 bits per heavy atom. The van der Waals surface area contributed by atoms with Gasteiger partial charge in [-0.1, -0.05) is 42.8 Å². The third-order valence-electron chi connectivity index (χ3n) is 5.36. The summed E-state index contributed by atoms with van der Waals surface area (Å²) < 4.78 is 0. The third-order valence-corrected chi connectivity index (χ3v) is 5.59. The molecule has 0 aliphatic heterocycles. The Kier molecular flexibility index (Phi) is 4.40. The van der Waals surface area contributed by atoms with E-state index in [1.54, 1.807) is 25.1 Å². The molecule has 0 fully saturated rings. The number of aromatic amines is 1. The van der Waals surface area contributed by atoms with E-state index in [1.165, 1.54) is 0 Å². The number of benzene rings is 2. The second kappa shape index (κ2) is 6.74. The molecule has 2 aromatic carbocycles. The van der Waals surface area contributed by atoms with E-state index >= 15 is 0 Å². The summed E-state index contributed by atoms with van der Waals surface area (Å²) in [6.45, 7) is 1.69. The van der Waals surface area contributed by atoms with Gasteiger partial charge in [0.15, 0.2) is 0 Å². The maximum atomic E-state index is 12.8. The van der Waals surface area contributed by atoms with Crippen LogP contribution >= 0.6 is 11.6 Å². The topological polar surface area (TPSA) is 82.2 Å². The number of amides is 1. The van der Waals surface area contributed by atoms with Crippen molar-refractivity contribution in [3.63, 3.8) is 0 Å². The van der Waals surface area contributed by atoms with E-state index in [0.29, 0.717) is 17.1 Å². The summed E-state index contributed by atoms with van der Waals surface area (Å²) in [6, 6.07) is 14.7. The SMILES string of the molecule is C[C@H](C(=O)O)[C@@H]1c2ccccc2C[C@H]1NC(=O)c1cc2cc(Cl)ccc2[nH]1. The Balaban J connectivity index is 1.62. The molecular weight excluding hydrogens is 364 g/mol. The maximum Gasteiger partial charge on any atom is 0.306 e. The molecule has 0 spiro atoms. The predicted molar refractivity (Wildman–Crippen MR) is 104 cm³/mol. The highest BCUT2D eigenvalue weighted by atomic mass is 35.5. The molecule has 1 aliphatic rings. The van der Waals surface area contributed by atoms with E-state index in [1.807, 2.05) is 30.3 Å². The first-order chi connectivity index (χ1) is 12.9. The summed E-state index contributed by atoms with van der Waals surface area (Å²) in [5.41, 5.74) is 3.35. The number of carbonyl (C=O) groups excluding carboxylic acids is 1. The predicted octanol–water partition coefficient (Wildman–Crippen LogP) is 3.98. The summed E-state index contributed by atoms with van der Waals surface area (Å²) in [5, 5.41) is 14.0. The molecule has 3 aromatic rings. The second-order valence-corrected chi connectivity index (χ2v) is 7.49. The van der Waals surface area contributed by atoms with Crippen LogP contribution < -0.4 is 5.32 Å². The van der Waals surface area contributed by atoms with Crippen molar-refractivity contribution < 1.29 is 14.7 Å². The largest absolute Gasteiger partial charge is 0.481 e. The number of rotatable bonds is 4. The van der Waals surface area contributed by atoms with Gasteiger partial charge in [0.25, 0.3) is 5.91 Å². The summed E-state index contributed by atoms with van der Waals surface area (Å²) in [5.74, 6) is -1.97. The van der Waals surface area contributed by atoms with Gasteiger partial charge in [0.2, 0.25) is 0 Å². The number of aromatic nitrogens is 1. The summed E-state index contributed by atoms with van der Waals surface area (Å²) in [6.07, 6.45) is 0.621. The minimum atomic E-state index is -0.865. The number of aliphatic carboxylic acids is 1. The quantitative estimate of drug-likeness (QED) is 0.638. The smallest absolute Gasteiger partial charge is 0.306 e. The van der Waals surface area contributed by atoms with Crippen LogP contribution in [-0.4, -0.2) is 28.0 Å². The highest BCUT2D eigenvalue weighted by Gasteiger charge is 2.39. The van der Waals surface area contributed by atoms with E-state index in [0.717, 1.165) is 22.0 Å². The number of nitrogens with one attached hydrogen (secondary N) is 2. The molecule has 27 heavy (non-hydrogen) atoms. The van der Waals surface area contributed by atoms with Gasteiger partial charge >= 0.3 is 5.97 Å². The van der Waals surface area contributed by atoms with Gasteiger partial charge in [-0.3, -0.25) is 9.59 Å². The molecule has 6 heteroatoms. The van der Waals surface area contributed by atoms with Gasteiger partial charge in [0.05, 0.1) is 5.92 Å². The van der Waals surface area contributed by atoms with E-state index in [-0.39, 0.29) is 17.9 Å². The van der Waals surface area contributed by atoms with Gasteiger partial charge in [0.1, 0.15) is 5.69 Å². The number of H-pyrrole nitrogens is 1. The lowest BCUT2D eigenvalue weighted by molar-refractivity contribution is -0.142. The monoisotopic (exact) mass is 382 g/mol. The second-order valence-electron chi connectivity index (χ2n) is 7.05. The number of hydrogen-bond donors (Lipinski definition) is 3. The summed E-state index contributed by atoms with van der Waals surface area (Å²) in [7, 11) is 0. The van der Waals surface area contributed by atoms with Crippen LogP contribution in [0.25, 0.3) is 10.9 Å². The van der Waals surface area contributed by atoms with Crippen LogP contribution in [0.1, 0.15) is 34.5 Å². The average molecular weight is 383 g/mol. The fourth-order valence-electron chi connectivity index (χ4n) is 4.01. The Morgan fingerprint density at radius 1 is 1.22 bits per heavy atom. The molecule has 0 saturated carbocycles. The molecule has 0 radical (unpaired) electrons. The molecule has 4 rings (SSSR count). The van der Waals surface area contributed by atoms with E-state index in [9.17, 15) is 14.7 Å². The van der Waals surface area contributed by atoms with Crippen molar-refractivity contribution in [2.24, 2.45) is 5.92 Å². The van der Waals surface area contributed by atoms with Crippen molar-refractivity contribution in [3.8, 4) is 0 Å². The molecule has 5 nitrogen and oxygen atoms in total. The van der Waals surface area contributed by atoms with Gasteiger partial charge in [-0.15, -0.1) is 0 Å². The minimum absolute atomic E-state index is 0.247. The van der Waals surface area contributed by atoms with Gasteiger partial charge in [-0.05, 0) is 41.8 Å². The Bertz CT molecular complexity index is 1040. The fourth-order valence-corrected chi connectivity index (χ4v) is 4.19. The Morgan fingerprint density at radius 3 is 2.78 bits per heavy atom. The highest BCUT2D eigenvalue weighted by molar-refractivity contribution is 6.31. The van der Waals surface area contributed by atoms with E-state index in [2.05, 4.69) is 10.3 Å². The summed E-state index contributed by atoms with van der Waals surface area (Å²) in [4.78, 5) is 27.5. The molecule has 3 N–H and O–H groups in total. The van der Waals surface area contributed by atoms with Crippen LogP contribution in [0.2, 0.25) is 5.02 Å². The van der Waals surface area contributed by atoms with Gasteiger partial charge in [0, 0.05) is 27.9 Å². The van der Waals surface area contributed by atoms with Gasteiger partial charge < -0.3 is 15.4 Å². The van der Waals surface area contributed by atoms with Crippen molar-refractivity contribution in [1.29, 1.82) is 0 Å². The Hall–Kier alpha value is -2.79. The molecule has 0 bridgehead atoms. The van der Waals surface area contributed by atoms with Crippen LogP contribution in [0.3, 0.4) is 0 Å². The zero-order chi connectivity index (χ0) is 19.1. The highest BCUT2D eigenvalue weighted by Crippen LogP contribution is 2.38. The van der Waals surface area contributed by atoms with Crippen molar-refractivity contribution in [1.82, 2.24) is 10.3 Å².